The highest BCUT2D eigenvalue weighted by Crippen LogP contribution is 2.63. The molecule has 0 saturated heterocycles. The van der Waals surface area contributed by atoms with Crippen LogP contribution in [0.4, 0.5) is 17.1 Å². The van der Waals surface area contributed by atoms with Gasteiger partial charge in [-0.3, -0.25) is 0 Å². The third kappa shape index (κ3) is 5.76. The van der Waals surface area contributed by atoms with Crippen molar-refractivity contribution in [2.24, 2.45) is 0 Å². The second-order valence-electron chi connectivity index (χ2n) is 20.3. The number of rotatable bonds is 5. The van der Waals surface area contributed by atoms with Gasteiger partial charge in [-0.2, -0.15) is 0 Å². The van der Waals surface area contributed by atoms with Crippen molar-refractivity contribution in [2.45, 2.75) is 24.7 Å². The summed E-state index contributed by atoms with van der Waals surface area (Å²) >= 11 is 1.90. The van der Waals surface area contributed by atoms with Crippen LogP contribution in [0.1, 0.15) is 47.2 Å². The van der Waals surface area contributed by atoms with Gasteiger partial charge in [-0.05, 0) is 143 Å². The van der Waals surface area contributed by atoms with E-state index in [1.54, 1.807) is 0 Å². The zero-order chi connectivity index (χ0) is 47.7. The molecule has 0 bridgehead atoms. The predicted molar refractivity (Wildman–Crippen MR) is 304 cm³/mol. The molecule has 72 heavy (non-hydrogen) atoms. The van der Waals surface area contributed by atoms with E-state index in [1.165, 1.54) is 120 Å². The van der Waals surface area contributed by atoms with Gasteiger partial charge in [-0.15, -0.1) is 11.3 Å². The number of anilines is 3. The number of hydrogen-bond donors (Lipinski definition) is 0. The first-order valence-electron chi connectivity index (χ1n) is 25.2. The molecule has 0 N–H and O–H groups in total. The summed E-state index contributed by atoms with van der Waals surface area (Å²) < 4.78 is 2.64. The summed E-state index contributed by atoms with van der Waals surface area (Å²) in [7, 11) is 0. The van der Waals surface area contributed by atoms with Gasteiger partial charge < -0.3 is 4.90 Å². The van der Waals surface area contributed by atoms with Gasteiger partial charge in [0.15, 0.2) is 0 Å². The van der Waals surface area contributed by atoms with Crippen molar-refractivity contribution >= 4 is 48.6 Å². The monoisotopic (exact) mass is 933 g/mol. The highest BCUT2D eigenvalue weighted by Gasteiger charge is 2.50. The molecule has 15 rings (SSSR count). The predicted octanol–water partition coefficient (Wildman–Crippen LogP) is 19.2. The lowest BCUT2D eigenvalue weighted by Gasteiger charge is -2.37. The van der Waals surface area contributed by atoms with E-state index in [2.05, 4.69) is 267 Å². The Morgan fingerprint density at radius 1 is 0.292 bits per heavy atom. The molecule has 1 spiro atoms. The van der Waals surface area contributed by atoms with Crippen LogP contribution in [-0.2, 0) is 10.8 Å². The average molecular weight is 934 g/mol. The molecule has 1 unspecified atom stereocenters. The Morgan fingerprint density at radius 2 is 0.764 bits per heavy atom. The van der Waals surface area contributed by atoms with Crippen LogP contribution >= 0.6 is 11.3 Å². The molecule has 2 heteroatoms. The van der Waals surface area contributed by atoms with Crippen molar-refractivity contribution in [3.63, 3.8) is 0 Å². The summed E-state index contributed by atoms with van der Waals surface area (Å²) in [4.78, 5) is 2.55. The van der Waals surface area contributed by atoms with Gasteiger partial charge in [0.25, 0.3) is 0 Å². The first kappa shape index (κ1) is 41.2. The molecular weight excluding hydrogens is 887 g/mol. The van der Waals surface area contributed by atoms with Crippen molar-refractivity contribution in [1.82, 2.24) is 0 Å². The molecule has 3 aliphatic rings. The van der Waals surface area contributed by atoms with E-state index in [1.807, 2.05) is 11.3 Å². The highest BCUT2D eigenvalue weighted by atomic mass is 32.1. The van der Waals surface area contributed by atoms with Crippen molar-refractivity contribution in [3.05, 3.63) is 282 Å². The minimum atomic E-state index is -0.663. The third-order valence-corrected chi connectivity index (χ3v) is 17.5. The first-order chi connectivity index (χ1) is 35.5. The molecule has 0 aliphatic heterocycles. The molecule has 3 aliphatic carbocycles. The Bertz CT molecular complexity index is 4190. The van der Waals surface area contributed by atoms with Crippen molar-refractivity contribution in [2.75, 3.05) is 4.90 Å². The smallest absolute Gasteiger partial charge is 0.0726 e. The van der Waals surface area contributed by atoms with E-state index in [0.29, 0.717) is 0 Å². The highest BCUT2D eigenvalue weighted by molar-refractivity contribution is 7.25. The molecule has 0 radical (unpaired) electrons. The number of nitrogens with zero attached hydrogens (tertiary/aromatic N) is 1. The first-order valence-corrected chi connectivity index (χ1v) is 26.0. The molecular formula is C70H47NS. The Morgan fingerprint density at radius 3 is 1.46 bits per heavy atom. The normalized spacial score (nSPS) is 15.2. The Kier molecular flexibility index (Phi) is 8.86. The fraction of sp³-hybridized carbons (Fsp3) is 0.0571. The summed E-state index contributed by atoms with van der Waals surface area (Å²) in [5.41, 5.74) is 25.5. The van der Waals surface area contributed by atoms with Gasteiger partial charge >= 0.3 is 0 Å². The maximum atomic E-state index is 2.57. The zero-order valence-corrected chi connectivity index (χ0v) is 40.8. The van der Waals surface area contributed by atoms with Gasteiger partial charge in [0, 0.05) is 42.5 Å². The molecule has 1 nitrogen and oxygen atoms in total. The lowest BCUT2D eigenvalue weighted by molar-refractivity contribution is 0.660. The maximum Gasteiger partial charge on any atom is 0.0726 e. The average Bonchev–Trinajstić information content (AvgIpc) is 4.00. The quantitative estimate of drug-likeness (QED) is 0.166. The second-order valence-corrected chi connectivity index (χ2v) is 21.4. The number of fused-ring (bicyclic) bond motifs is 18. The molecule has 0 fully saturated rings. The largest absolute Gasteiger partial charge is 0.310 e. The number of hydrogen-bond acceptors (Lipinski definition) is 2. The van der Waals surface area contributed by atoms with E-state index >= 15 is 0 Å². The van der Waals surface area contributed by atoms with Crippen LogP contribution in [0, 0.1) is 0 Å². The molecule has 11 aromatic carbocycles. The molecule has 12 aromatic rings. The number of para-hydroxylation sites is 1. The van der Waals surface area contributed by atoms with Crippen LogP contribution in [-0.4, -0.2) is 0 Å². The number of thiophene rings is 1. The summed E-state index contributed by atoms with van der Waals surface area (Å²) in [6.45, 7) is 4.77. The van der Waals surface area contributed by atoms with Crippen molar-refractivity contribution in [3.8, 4) is 66.8 Å². The summed E-state index contributed by atoms with van der Waals surface area (Å²) in [6, 6.07) is 94.0. The van der Waals surface area contributed by atoms with Crippen LogP contribution in [0.3, 0.4) is 0 Å². The van der Waals surface area contributed by atoms with Crippen LogP contribution in [0.5, 0.6) is 0 Å². The minimum Gasteiger partial charge on any atom is -0.310 e. The Hall–Kier alpha value is -8.56. The maximum absolute atomic E-state index is 2.57. The number of benzene rings is 11. The van der Waals surface area contributed by atoms with Crippen molar-refractivity contribution in [1.29, 1.82) is 0 Å². The third-order valence-electron chi connectivity index (χ3n) is 16.3. The van der Waals surface area contributed by atoms with E-state index < -0.39 is 5.41 Å². The van der Waals surface area contributed by atoms with Gasteiger partial charge in [0.05, 0.1) is 11.1 Å². The van der Waals surface area contributed by atoms with E-state index in [4.69, 9.17) is 0 Å². The molecule has 1 heterocycles. The Balaban J connectivity index is 1.04. The van der Waals surface area contributed by atoms with Gasteiger partial charge in [0.1, 0.15) is 0 Å². The van der Waals surface area contributed by atoms with Crippen molar-refractivity contribution < 1.29 is 0 Å². The fourth-order valence-electron chi connectivity index (χ4n) is 13.1. The van der Waals surface area contributed by atoms with Crippen LogP contribution in [0.2, 0.25) is 0 Å². The van der Waals surface area contributed by atoms with Crippen LogP contribution < -0.4 is 4.90 Å². The standard InChI is InChI=1S/C70H47NS/c1-69(2)60-27-13-8-24-53(60)56-39-37-47(40-63(56)69)71(66-30-16-11-20-49(66)46-34-32-45(33-35-46)44-18-4-3-5-19-44)48-36-38-55-51-22-7-6-21-50(51)52-23-9-14-28-61(52)70(64(55)41-48)62-29-15-10-25-54(62)58-43-68-59(42-65(58)70)57-26-12-17-31-67(57)72-68/h3-43H,1-2H3. The SMILES string of the molecule is CC1(C)c2ccccc2-c2ccc(N(c3ccc4c(c3)C3(c5ccccc5-c5ccccc5-4)c4ccccc4-c4cc5sc6ccccc6c5cc43)c3ccccc3-c3ccc(-c4ccccc4)cc3)cc21. The van der Waals surface area contributed by atoms with Gasteiger partial charge in [-0.1, -0.05) is 214 Å². The molecule has 1 atom stereocenters. The zero-order valence-electron chi connectivity index (χ0n) is 40.0. The van der Waals surface area contributed by atoms with Crippen LogP contribution in [0.25, 0.3) is 86.9 Å². The lowest BCUT2D eigenvalue weighted by atomic mass is 9.65. The topological polar surface area (TPSA) is 3.24 Å². The van der Waals surface area contributed by atoms with E-state index in [9.17, 15) is 0 Å². The molecule has 0 amide bonds. The van der Waals surface area contributed by atoms with E-state index in [-0.39, 0.29) is 5.41 Å². The summed E-state index contributed by atoms with van der Waals surface area (Å²) in [5.74, 6) is 0. The minimum absolute atomic E-state index is 0.180. The second kappa shape index (κ2) is 15.5. The molecule has 0 saturated carbocycles. The lowest BCUT2D eigenvalue weighted by Crippen LogP contribution is -2.29. The molecule has 338 valence electrons. The van der Waals surface area contributed by atoms with Gasteiger partial charge in [-0.25, -0.2) is 0 Å². The fourth-order valence-corrected chi connectivity index (χ4v) is 14.2. The van der Waals surface area contributed by atoms with Crippen LogP contribution in [0.15, 0.2) is 249 Å². The summed E-state index contributed by atoms with van der Waals surface area (Å²) in [6.07, 6.45) is 0. The summed E-state index contributed by atoms with van der Waals surface area (Å²) in [5, 5.41) is 2.63. The molecule has 1 aromatic heterocycles. The van der Waals surface area contributed by atoms with Gasteiger partial charge in [0.2, 0.25) is 0 Å². The van der Waals surface area contributed by atoms with E-state index in [0.717, 1.165) is 17.1 Å². The Labute approximate surface area is 424 Å².